The number of aliphatic hydroxyl groups excluding tert-OH is 1. The van der Waals surface area contributed by atoms with Crippen molar-refractivity contribution >= 4 is 16.3 Å². The van der Waals surface area contributed by atoms with Crippen LogP contribution in [0.5, 0.6) is 0 Å². The molecule has 3 heteroatoms. The molecule has 3 rings (SSSR count). The summed E-state index contributed by atoms with van der Waals surface area (Å²) in [4.78, 5) is 3.67. The standard InChI is InChI=1S/C16H25NOS/c1-10-6-7-12(19-10)17(5)13-11-8-9-16(4,14(13)18)15(11,2)3/h6-7,11,13-14,18H,8-9H2,1-5H3/t11-,13-,14-,16+/m1/s1. The summed E-state index contributed by atoms with van der Waals surface area (Å²) in [6.45, 7) is 9.12. The van der Waals surface area contributed by atoms with Crippen LogP contribution in [0.15, 0.2) is 12.1 Å². The van der Waals surface area contributed by atoms with Gasteiger partial charge in [-0.1, -0.05) is 20.8 Å². The summed E-state index contributed by atoms with van der Waals surface area (Å²) in [6, 6.07) is 4.63. The molecule has 1 heterocycles. The van der Waals surface area contributed by atoms with Crippen molar-refractivity contribution < 1.29 is 5.11 Å². The fourth-order valence-corrected chi connectivity index (χ4v) is 5.39. The number of hydrogen-bond acceptors (Lipinski definition) is 3. The van der Waals surface area contributed by atoms with E-state index in [0.717, 1.165) is 0 Å². The number of rotatable bonds is 2. The van der Waals surface area contributed by atoms with E-state index in [2.05, 4.69) is 51.8 Å². The van der Waals surface area contributed by atoms with Crippen LogP contribution in [0.1, 0.15) is 38.5 Å². The van der Waals surface area contributed by atoms with Gasteiger partial charge >= 0.3 is 0 Å². The quantitative estimate of drug-likeness (QED) is 0.892. The van der Waals surface area contributed by atoms with Crippen LogP contribution in [0.25, 0.3) is 0 Å². The average molecular weight is 279 g/mol. The second-order valence-electron chi connectivity index (χ2n) is 7.21. The van der Waals surface area contributed by atoms with E-state index in [9.17, 15) is 5.11 Å². The molecule has 0 amide bonds. The van der Waals surface area contributed by atoms with Crippen molar-refractivity contribution in [3.05, 3.63) is 17.0 Å². The van der Waals surface area contributed by atoms with E-state index >= 15 is 0 Å². The van der Waals surface area contributed by atoms with Gasteiger partial charge in [-0.25, -0.2) is 0 Å². The zero-order valence-corrected chi connectivity index (χ0v) is 13.4. The number of fused-ring (bicyclic) bond motifs is 2. The number of thiophene rings is 1. The Morgan fingerprint density at radius 2 is 2.00 bits per heavy atom. The lowest BCUT2D eigenvalue weighted by Gasteiger charge is -2.39. The molecule has 1 aromatic heterocycles. The molecule has 0 saturated heterocycles. The van der Waals surface area contributed by atoms with Gasteiger partial charge in [-0.15, -0.1) is 11.3 Å². The second kappa shape index (κ2) is 3.98. The zero-order valence-electron chi connectivity index (χ0n) is 12.6. The first kappa shape index (κ1) is 13.4. The van der Waals surface area contributed by atoms with Crippen LogP contribution < -0.4 is 4.90 Å². The van der Waals surface area contributed by atoms with Crippen LogP contribution in [0.2, 0.25) is 0 Å². The Hall–Kier alpha value is -0.540. The number of hydrogen-bond donors (Lipinski definition) is 1. The van der Waals surface area contributed by atoms with Gasteiger partial charge in [-0.05, 0) is 43.2 Å². The normalized spacial score (nSPS) is 39.8. The molecule has 2 aliphatic rings. The molecule has 19 heavy (non-hydrogen) atoms. The Morgan fingerprint density at radius 3 is 2.47 bits per heavy atom. The summed E-state index contributed by atoms with van der Waals surface area (Å²) < 4.78 is 0. The van der Waals surface area contributed by atoms with Gasteiger partial charge in [0.25, 0.3) is 0 Å². The van der Waals surface area contributed by atoms with E-state index in [-0.39, 0.29) is 23.0 Å². The molecule has 0 unspecified atom stereocenters. The highest BCUT2D eigenvalue weighted by atomic mass is 32.1. The number of nitrogens with zero attached hydrogens (tertiary/aromatic N) is 1. The summed E-state index contributed by atoms with van der Waals surface area (Å²) in [7, 11) is 2.15. The third kappa shape index (κ3) is 1.58. The van der Waals surface area contributed by atoms with Crippen molar-refractivity contribution in [3.63, 3.8) is 0 Å². The molecular weight excluding hydrogens is 254 g/mol. The maximum atomic E-state index is 10.9. The lowest BCUT2D eigenvalue weighted by molar-refractivity contribution is 0.00529. The van der Waals surface area contributed by atoms with Crippen molar-refractivity contribution in [1.82, 2.24) is 0 Å². The van der Waals surface area contributed by atoms with Crippen LogP contribution in [0.4, 0.5) is 5.00 Å². The first-order chi connectivity index (χ1) is 8.79. The van der Waals surface area contributed by atoms with Crippen molar-refractivity contribution in [2.24, 2.45) is 16.7 Å². The number of aliphatic hydroxyl groups is 1. The van der Waals surface area contributed by atoms with Crippen LogP contribution in [-0.2, 0) is 0 Å². The van der Waals surface area contributed by atoms with Crippen LogP contribution in [0, 0.1) is 23.7 Å². The van der Waals surface area contributed by atoms with Gasteiger partial charge < -0.3 is 10.0 Å². The summed E-state index contributed by atoms with van der Waals surface area (Å²) >= 11 is 1.83. The molecular formula is C16H25NOS. The minimum absolute atomic E-state index is 0.0723. The third-order valence-corrected chi connectivity index (χ3v) is 7.37. The van der Waals surface area contributed by atoms with Crippen LogP contribution in [0.3, 0.4) is 0 Å². The van der Waals surface area contributed by atoms with Crippen LogP contribution in [-0.4, -0.2) is 24.3 Å². The van der Waals surface area contributed by atoms with E-state index in [1.165, 1.54) is 22.7 Å². The highest BCUT2D eigenvalue weighted by Crippen LogP contribution is 2.66. The average Bonchev–Trinajstić information content (AvgIpc) is 2.90. The Labute approximate surface area is 120 Å². The monoisotopic (exact) mass is 279 g/mol. The summed E-state index contributed by atoms with van der Waals surface area (Å²) in [5.41, 5.74) is 0.306. The minimum Gasteiger partial charge on any atom is -0.390 e. The lowest BCUT2D eigenvalue weighted by Crippen LogP contribution is -2.47. The maximum absolute atomic E-state index is 10.9. The first-order valence-electron chi connectivity index (χ1n) is 7.26. The molecule has 0 spiro atoms. The summed E-state index contributed by atoms with van der Waals surface area (Å²) in [5.74, 6) is 0.597. The highest BCUT2D eigenvalue weighted by Gasteiger charge is 2.66. The number of aryl methyl sites for hydroxylation is 1. The molecule has 1 N–H and O–H groups in total. The van der Waals surface area contributed by atoms with Crippen molar-refractivity contribution in [2.75, 3.05) is 11.9 Å². The van der Waals surface area contributed by atoms with Gasteiger partial charge in [0, 0.05) is 17.3 Å². The van der Waals surface area contributed by atoms with E-state index in [4.69, 9.17) is 0 Å². The third-order valence-electron chi connectivity index (χ3n) is 6.28. The number of likely N-dealkylation sites (N-methyl/N-ethyl adjacent to an activating group) is 1. The smallest absolute Gasteiger partial charge is 0.0912 e. The molecule has 2 saturated carbocycles. The maximum Gasteiger partial charge on any atom is 0.0912 e. The van der Waals surface area contributed by atoms with Crippen molar-refractivity contribution in [2.45, 2.75) is 52.7 Å². The van der Waals surface area contributed by atoms with E-state index < -0.39 is 0 Å². The Bertz CT molecular complexity index is 495. The number of anilines is 1. The zero-order chi connectivity index (χ0) is 14.0. The van der Waals surface area contributed by atoms with Crippen LogP contribution >= 0.6 is 11.3 Å². The van der Waals surface area contributed by atoms with Gasteiger partial charge in [0.2, 0.25) is 0 Å². The van der Waals surface area contributed by atoms with Gasteiger partial charge in [-0.2, -0.15) is 0 Å². The predicted molar refractivity (Wildman–Crippen MR) is 81.9 cm³/mol. The fraction of sp³-hybridized carbons (Fsp3) is 0.750. The Balaban J connectivity index is 1.95. The van der Waals surface area contributed by atoms with Gasteiger partial charge in [0.15, 0.2) is 0 Å². The van der Waals surface area contributed by atoms with Gasteiger partial charge in [-0.3, -0.25) is 0 Å². The highest BCUT2D eigenvalue weighted by molar-refractivity contribution is 7.16. The van der Waals surface area contributed by atoms with E-state index in [1.807, 2.05) is 11.3 Å². The lowest BCUT2D eigenvalue weighted by atomic mass is 9.70. The second-order valence-corrected chi connectivity index (χ2v) is 8.48. The molecule has 2 bridgehead atoms. The first-order valence-corrected chi connectivity index (χ1v) is 8.08. The largest absolute Gasteiger partial charge is 0.390 e. The van der Waals surface area contributed by atoms with E-state index in [0.29, 0.717) is 5.92 Å². The Morgan fingerprint density at radius 1 is 1.32 bits per heavy atom. The summed E-state index contributed by atoms with van der Waals surface area (Å²) in [6.07, 6.45) is 2.20. The Kier molecular flexibility index (Phi) is 2.82. The molecule has 2 fully saturated rings. The predicted octanol–water partition coefficient (Wildman–Crippen LogP) is 3.68. The molecule has 1 aromatic rings. The SMILES string of the molecule is Cc1ccc(N(C)[C@@H]2[C@H]3CC[C@@](C)([C@@H]2O)C3(C)C)s1. The topological polar surface area (TPSA) is 23.5 Å². The molecule has 106 valence electrons. The molecule has 0 radical (unpaired) electrons. The van der Waals surface area contributed by atoms with Gasteiger partial charge in [0.05, 0.1) is 17.1 Å². The molecule has 2 aliphatic carbocycles. The van der Waals surface area contributed by atoms with E-state index in [1.54, 1.807) is 0 Å². The van der Waals surface area contributed by atoms with Crippen molar-refractivity contribution in [1.29, 1.82) is 0 Å². The molecule has 4 atom stereocenters. The van der Waals surface area contributed by atoms with Gasteiger partial charge in [0.1, 0.15) is 0 Å². The van der Waals surface area contributed by atoms with Crippen molar-refractivity contribution in [3.8, 4) is 0 Å². The molecule has 2 nitrogen and oxygen atoms in total. The molecule has 0 aliphatic heterocycles. The fourth-order valence-electron chi connectivity index (χ4n) is 4.53. The minimum atomic E-state index is -0.214. The summed E-state index contributed by atoms with van der Waals surface area (Å²) in [5, 5.41) is 12.2. The molecule has 0 aromatic carbocycles.